The summed E-state index contributed by atoms with van der Waals surface area (Å²) in [5, 5.41) is 20.8. The summed E-state index contributed by atoms with van der Waals surface area (Å²) in [5.41, 5.74) is -0.116. The summed E-state index contributed by atoms with van der Waals surface area (Å²) in [6, 6.07) is 11.1. The Hall–Kier alpha value is -5.68. The van der Waals surface area contributed by atoms with Gasteiger partial charge in [-0.1, -0.05) is 18.2 Å². The highest BCUT2D eigenvalue weighted by molar-refractivity contribution is 6.24. The van der Waals surface area contributed by atoms with Crippen molar-refractivity contribution in [1.82, 2.24) is 29.9 Å². The molecule has 63 heavy (non-hydrogen) atoms. The number of rotatable bonds is 10. The standard InChI is InChI=1S/C46H50F3N7O7/c1-44(2,62)25-63-36-20-33-27(19-34(36)51-40(58)32-7-4-8-37(50-32)46(47,48)49)24-55(53-33)29-11-9-26(10-12-29)23-54-17-15-45(16-18-54)21-28(22-45)30-5-3-6-31-39(30)43(61)56(42(31)60)35-13-14-38(57)52-41(35)59/h3-8,19-20,24,26,28-29,35,62H,9-18,21-23,25H2,1-2H3,(H,51,58)(H,52,57,59)/t26-,29-,35?. The van der Waals surface area contributed by atoms with Crippen LogP contribution in [0.25, 0.3) is 10.9 Å². The van der Waals surface area contributed by atoms with Gasteiger partial charge >= 0.3 is 6.18 Å². The van der Waals surface area contributed by atoms with Gasteiger partial charge in [-0.3, -0.25) is 38.9 Å². The van der Waals surface area contributed by atoms with Crippen LogP contribution in [0.1, 0.15) is 132 Å². The summed E-state index contributed by atoms with van der Waals surface area (Å²) >= 11 is 0. The number of halogens is 3. The number of carbonyl (C=O) groups is 5. The first-order valence-electron chi connectivity index (χ1n) is 21.7. The number of likely N-dealkylation sites (tertiary alicyclic amines) is 1. The van der Waals surface area contributed by atoms with Crippen LogP contribution >= 0.6 is 0 Å². The van der Waals surface area contributed by atoms with Gasteiger partial charge < -0.3 is 20.1 Å². The quantitative estimate of drug-likeness (QED) is 0.147. The number of piperidine rings is 2. The number of nitrogens with zero attached hydrogens (tertiary/aromatic N) is 5. The highest BCUT2D eigenvalue weighted by atomic mass is 19.4. The molecule has 4 fully saturated rings. The van der Waals surface area contributed by atoms with E-state index in [0.717, 1.165) is 93.6 Å². The number of alkyl halides is 3. The van der Waals surface area contributed by atoms with Crippen molar-refractivity contribution in [2.45, 2.75) is 108 Å². The number of imide groups is 2. The molecule has 2 saturated heterocycles. The summed E-state index contributed by atoms with van der Waals surface area (Å²) in [6.45, 7) is 6.07. The number of amides is 5. The van der Waals surface area contributed by atoms with Crippen molar-refractivity contribution in [1.29, 1.82) is 0 Å². The minimum Gasteiger partial charge on any atom is -0.488 e. The van der Waals surface area contributed by atoms with Crippen LogP contribution in [0, 0.1) is 11.3 Å². The van der Waals surface area contributed by atoms with Crippen molar-refractivity contribution >= 4 is 46.1 Å². The Labute approximate surface area is 361 Å². The maximum Gasteiger partial charge on any atom is 0.433 e. The van der Waals surface area contributed by atoms with Gasteiger partial charge in [-0.05, 0) is 132 Å². The molecule has 1 atom stereocenters. The number of anilines is 1. The molecule has 5 amide bonds. The number of fused-ring (bicyclic) bond motifs is 2. The number of aromatic nitrogens is 3. The largest absolute Gasteiger partial charge is 0.488 e. The molecular formula is C46H50F3N7O7. The van der Waals surface area contributed by atoms with E-state index in [1.54, 1.807) is 32.0 Å². The van der Waals surface area contributed by atoms with Crippen molar-refractivity contribution in [2.75, 3.05) is 31.6 Å². The molecule has 3 N–H and O–H groups in total. The summed E-state index contributed by atoms with van der Waals surface area (Å²) in [7, 11) is 0. The second kappa shape index (κ2) is 16.1. The van der Waals surface area contributed by atoms with E-state index in [4.69, 9.17) is 9.84 Å². The molecule has 0 radical (unpaired) electrons. The molecule has 9 rings (SSSR count). The molecule has 3 aliphatic heterocycles. The Kier molecular flexibility index (Phi) is 10.9. The second-order valence-electron chi connectivity index (χ2n) is 18.8. The van der Waals surface area contributed by atoms with E-state index < -0.39 is 58.7 Å². The first-order chi connectivity index (χ1) is 29.9. The van der Waals surface area contributed by atoms with Gasteiger partial charge in [0.2, 0.25) is 11.8 Å². The lowest BCUT2D eigenvalue weighted by Gasteiger charge is -2.53. The molecule has 2 aromatic heterocycles. The van der Waals surface area contributed by atoms with Gasteiger partial charge in [-0.25, -0.2) is 4.98 Å². The van der Waals surface area contributed by atoms with Crippen molar-refractivity contribution < 1.29 is 47.0 Å². The van der Waals surface area contributed by atoms with Crippen LogP contribution in [0.5, 0.6) is 5.75 Å². The number of hydrogen-bond acceptors (Lipinski definition) is 10. The minimum absolute atomic E-state index is 0.0826. The van der Waals surface area contributed by atoms with Gasteiger partial charge in [-0.2, -0.15) is 18.3 Å². The molecular weight excluding hydrogens is 820 g/mol. The monoisotopic (exact) mass is 869 g/mol. The lowest BCUT2D eigenvalue weighted by molar-refractivity contribution is -0.141. The maximum absolute atomic E-state index is 13.7. The van der Waals surface area contributed by atoms with Crippen molar-refractivity contribution in [3.05, 3.63) is 82.8 Å². The Balaban J connectivity index is 0.790. The Bertz CT molecular complexity index is 2490. The van der Waals surface area contributed by atoms with Crippen LogP contribution in [-0.2, 0) is 15.8 Å². The summed E-state index contributed by atoms with van der Waals surface area (Å²) < 4.78 is 47.8. The van der Waals surface area contributed by atoms with E-state index in [9.17, 15) is 42.3 Å². The fraction of sp³-hybridized carbons (Fsp3) is 0.500. The molecule has 5 aliphatic rings. The SMILES string of the molecule is CC(C)(O)COc1cc2nn([C@H]3CC[C@H](CN4CCC5(CC4)CC(c4cccc6c4C(=O)N(C4CCC(=O)NC4=O)C6=O)C5)CC3)cc2cc1NC(=O)c1cccc(C(F)(F)F)n1. The Morgan fingerprint density at radius 3 is 2.40 bits per heavy atom. The highest BCUT2D eigenvalue weighted by Crippen LogP contribution is 2.58. The molecule has 17 heteroatoms. The molecule has 14 nitrogen and oxygen atoms in total. The Morgan fingerprint density at radius 2 is 1.70 bits per heavy atom. The van der Waals surface area contributed by atoms with E-state index in [0.29, 0.717) is 27.9 Å². The average molecular weight is 870 g/mol. The highest BCUT2D eigenvalue weighted by Gasteiger charge is 2.51. The zero-order valence-corrected chi connectivity index (χ0v) is 35.2. The minimum atomic E-state index is -4.71. The van der Waals surface area contributed by atoms with E-state index in [-0.39, 0.29) is 48.3 Å². The van der Waals surface area contributed by atoms with Crippen LogP contribution < -0.4 is 15.4 Å². The van der Waals surface area contributed by atoms with Gasteiger partial charge in [-0.15, -0.1) is 0 Å². The number of carbonyl (C=O) groups excluding carboxylic acids is 5. The van der Waals surface area contributed by atoms with E-state index in [2.05, 4.69) is 20.5 Å². The van der Waals surface area contributed by atoms with E-state index >= 15 is 0 Å². The van der Waals surface area contributed by atoms with E-state index in [1.807, 2.05) is 23.0 Å². The third-order valence-electron chi connectivity index (χ3n) is 13.6. The molecule has 2 aromatic carbocycles. The topological polar surface area (TPSA) is 176 Å². The number of benzene rings is 2. The fourth-order valence-corrected chi connectivity index (χ4v) is 10.3. The summed E-state index contributed by atoms with van der Waals surface area (Å²) in [5.74, 6) is -1.83. The smallest absolute Gasteiger partial charge is 0.433 e. The van der Waals surface area contributed by atoms with E-state index in [1.165, 1.54) is 6.07 Å². The molecule has 4 aromatic rings. The van der Waals surface area contributed by atoms with Crippen LogP contribution in [0.4, 0.5) is 18.9 Å². The fourth-order valence-electron chi connectivity index (χ4n) is 10.3. The average Bonchev–Trinajstić information content (AvgIpc) is 3.76. The van der Waals surface area contributed by atoms with Gasteiger partial charge in [0, 0.05) is 30.6 Å². The summed E-state index contributed by atoms with van der Waals surface area (Å²) in [4.78, 5) is 71.7. The summed E-state index contributed by atoms with van der Waals surface area (Å²) in [6.07, 6.45) is 5.43. The molecule has 0 bridgehead atoms. The first kappa shape index (κ1) is 42.6. The normalized spacial score (nSPS) is 23.2. The number of hydrogen-bond donors (Lipinski definition) is 3. The molecule has 1 spiro atoms. The third-order valence-corrected chi connectivity index (χ3v) is 13.6. The predicted molar refractivity (Wildman–Crippen MR) is 223 cm³/mol. The van der Waals surface area contributed by atoms with Crippen molar-refractivity contribution in [3.8, 4) is 5.75 Å². The molecule has 1 unspecified atom stereocenters. The van der Waals surface area contributed by atoms with Gasteiger partial charge in [0.1, 0.15) is 29.8 Å². The third kappa shape index (κ3) is 8.56. The molecule has 5 heterocycles. The van der Waals surface area contributed by atoms with Crippen LogP contribution in [0.3, 0.4) is 0 Å². The van der Waals surface area contributed by atoms with Gasteiger partial charge in [0.25, 0.3) is 17.7 Å². The Morgan fingerprint density at radius 1 is 0.968 bits per heavy atom. The van der Waals surface area contributed by atoms with Crippen molar-refractivity contribution in [3.63, 3.8) is 0 Å². The van der Waals surface area contributed by atoms with Crippen LogP contribution in [0.2, 0.25) is 0 Å². The first-order valence-corrected chi connectivity index (χ1v) is 21.7. The lowest BCUT2D eigenvalue weighted by atomic mass is 9.55. The predicted octanol–water partition coefficient (Wildman–Crippen LogP) is 6.64. The molecule has 2 saturated carbocycles. The molecule has 2 aliphatic carbocycles. The lowest BCUT2D eigenvalue weighted by Crippen LogP contribution is -2.54. The number of pyridine rings is 1. The number of nitrogens with one attached hydrogen (secondary N) is 2. The molecule has 332 valence electrons. The zero-order valence-electron chi connectivity index (χ0n) is 35.2. The van der Waals surface area contributed by atoms with Gasteiger partial charge in [0.15, 0.2) is 0 Å². The van der Waals surface area contributed by atoms with Crippen LogP contribution in [0.15, 0.2) is 54.7 Å². The maximum atomic E-state index is 13.7. The zero-order chi connectivity index (χ0) is 44.4. The van der Waals surface area contributed by atoms with Gasteiger partial charge in [0.05, 0.1) is 34.0 Å². The van der Waals surface area contributed by atoms with Crippen LogP contribution in [-0.4, -0.2) is 97.1 Å². The van der Waals surface area contributed by atoms with Crippen molar-refractivity contribution in [2.24, 2.45) is 11.3 Å². The number of aliphatic hydroxyl groups is 1. The second-order valence-corrected chi connectivity index (χ2v) is 18.8. The number of ether oxygens (including phenoxy) is 1.